The molecule has 0 unspecified atom stereocenters. The highest BCUT2D eigenvalue weighted by Crippen LogP contribution is 2.31. The van der Waals surface area contributed by atoms with E-state index in [4.69, 9.17) is 11.6 Å². The van der Waals surface area contributed by atoms with Gasteiger partial charge < -0.3 is 14.6 Å². The maximum Gasteiger partial charge on any atom is 0.342 e. The standard InChI is InChI=1S/C24H25ClN4O2S/c1-2-29-22(18-8-10-19(25)11-9-18)26-27-24(29)32-21(23(30)31)16-17-6-12-20(13-7-17)28-14-4-3-5-15-28/h6-13,16H,2-5,14-15H2,1H3,(H,30,31)/b21-16+. The lowest BCUT2D eigenvalue weighted by Gasteiger charge is -2.28. The summed E-state index contributed by atoms with van der Waals surface area (Å²) in [6.45, 7) is 4.75. The number of benzene rings is 2. The molecule has 0 radical (unpaired) electrons. The maximum atomic E-state index is 12.0. The lowest BCUT2D eigenvalue weighted by atomic mass is 10.1. The number of rotatable bonds is 7. The summed E-state index contributed by atoms with van der Waals surface area (Å²) in [6.07, 6.45) is 5.41. The highest BCUT2D eigenvalue weighted by molar-refractivity contribution is 8.04. The third-order valence-corrected chi connectivity index (χ3v) is 6.71. The number of carbonyl (C=O) groups is 1. The van der Waals surface area contributed by atoms with Crippen molar-refractivity contribution in [3.8, 4) is 11.4 Å². The van der Waals surface area contributed by atoms with E-state index in [1.165, 1.54) is 24.9 Å². The van der Waals surface area contributed by atoms with Crippen LogP contribution in [0.2, 0.25) is 5.02 Å². The molecule has 0 saturated carbocycles. The number of aliphatic carboxylic acids is 1. The van der Waals surface area contributed by atoms with Crippen LogP contribution in [0.3, 0.4) is 0 Å². The molecule has 6 nitrogen and oxygen atoms in total. The summed E-state index contributed by atoms with van der Waals surface area (Å²) in [7, 11) is 0. The van der Waals surface area contributed by atoms with Gasteiger partial charge in [-0.2, -0.15) is 0 Å². The van der Waals surface area contributed by atoms with E-state index in [0.29, 0.717) is 22.5 Å². The first-order valence-electron chi connectivity index (χ1n) is 10.7. The SMILES string of the molecule is CCn1c(S/C(=C/c2ccc(N3CCCCC3)cc2)C(=O)O)nnc1-c1ccc(Cl)cc1. The first-order chi connectivity index (χ1) is 15.5. The van der Waals surface area contributed by atoms with Crippen LogP contribution < -0.4 is 4.90 Å². The normalized spacial score (nSPS) is 14.6. The van der Waals surface area contributed by atoms with Crippen molar-refractivity contribution >= 4 is 41.1 Å². The molecule has 1 N–H and O–H groups in total. The molecule has 1 saturated heterocycles. The van der Waals surface area contributed by atoms with Crippen LogP contribution >= 0.6 is 23.4 Å². The second-order valence-electron chi connectivity index (χ2n) is 7.61. The summed E-state index contributed by atoms with van der Waals surface area (Å²) in [4.78, 5) is 14.5. The Morgan fingerprint density at radius 3 is 2.38 bits per heavy atom. The van der Waals surface area contributed by atoms with Gasteiger partial charge in [0.25, 0.3) is 0 Å². The number of nitrogens with zero attached hydrogens (tertiary/aromatic N) is 4. The number of carboxylic acid groups (broad SMARTS) is 1. The summed E-state index contributed by atoms with van der Waals surface area (Å²) >= 11 is 7.10. The molecule has 4 rings (SSSR count). The Balaban J connectivity index is 1.56. The number of carboxylic acids is 1. The third kappa shape index (κ3) is 5.16. The van der Waals surface area contributed by atoms with Crippen molar-refractivity contribution in [2.45, 2.75) is 37.9 Å². The zero-order chi connectivity index (χ0) is 22.5. The first kappa shape index (κ1) is 22.4. The third-order valence-electron chi connectivity index (χ3n) is 5.46. The fraction of sp³-hybridized carbons (Fsp3) is 0.292. The van der Waals surface area contributed by atoms with E-state index in [9.17, 15) is 9.90 Å². The second-order valence-corrected chi connectivity index (χ2v) is 9.06. The minimum absolute atomic E-state index is 0.195. The fourth-order valence-electron chi connectivity index (χ4n) is 3.78. The Kier molecular flexibility index (Phi) is 7.17. The Bertz CT molecular complexity index is 1100. The largest absolute Gasteiger partial charge is 0.477 e. The smallest absolute Gasteiger partial charge is 0.342 e. The topological polar surface area (TPSA) is 71.2 Å². The number of thioether (sulfide) groups is 1. The predicted octanol–water partition coefficient (Wildman–Crippen LogP) is 5.83. The minimum atomic E-state index is -0.992. The fourth-order valence-corrected chi connectivity index (χ4v) is 4.79. The molecule has 32 heavy (non-hydrogen) atoms. The number of anilines is 1. The van der Waals surface area contributed by atoms with Crippen LogP contribution in [-0.4, -0.2) is 38.9 Å². The van der Waals surface area contributed by atoms with E-state index in [-0.39, 0.29) is 4.91 Å². The highest BCUT2D eigenvalue weighted by Gasteiger charge is 2.18. The number of hydrogen-bond donors (Lipinski definition) is 1. The molecule has 2 aromatic carbocycles. The van der Waals surface area contributed by atoms with Crippen molar-refractivity contribution in [2.75, 3.05) is 18.0 Å². The van der Waals surface area contributed by atoms with Gasteiger partial charge in [0.05, 0.1) is 0 Å². The number of hydrogen-bond acceptors (Lipinski definition) is 5. The number of halogens is 1. The molecule has 0 aliphatic carbocycles. The van der Waals surface area contributed by atoms with Gasteiger partial charge in [0.2, 0.25) is 0 Å². The quantitative estimate of drug-likeness (QED) is 0.347. The van der Waals surface area contributed by atoms with E-state index in [2.05, 4.69) is 27.2 Å². The van der Waals surface area contributed by atoms with Gasteiger partial charge in [-0.15, -0.1) is 10.2 Å². The summed E-state index contributed by atoms with van der Waals surface area (Å²) in [5.41, 5.74) is 2.91. The van der Waals surface area contributed by atoms with Crippen molar-refractivity contribution in [1.29, 1.82) is 0 Å². The van der Waals surface area contributed by atoms with Gasteiger partial charge in [0.15, 0.2) is 11.0 Å². The van der Waals surface area contributed by atoms with Crippen LogP contribution in [0.15, 0.2) is 58.6 Å². The van der Waals surface area contributed by atoms with Gasteiger partial charge in [-0.05, 0) is 86.0 Å². The van der Waals surface area contributed by atoms with Crippen LogP contribution in [0.25, 0.3) is 17.5 Å². The Hall–Kier alpha value is -2.77. The summed E-state index contributed by atoms with van der Waals surface area (Å²) < 4.78 is 1.91. The van der Waals surface area contributed by atoms with Gasteiger partial charge in [-0.1, -0.05) is 23.7 Å². The van der Waals surface area contributed by atoms with Gasteiger partial charge in [-0.25, -0.2) is 4.79 Å². The molecule has 166 valence electrons. The van der Waals surface area contributed by atoms with Crippen LogP contribution in [0, 0.1) is 0 Å². The first-order valence-corrected chi connectivity index (χ1v) is 11.9. The molecule has 0 amide bonds. The zero-order valence-electron chi connectivity index (χ0n) is 17.9. The van der Waals surface area contributed by atoms with E-state index >= 15 is 0 Å². The van der Waals surface area contributed by atoms with Gasteiger partial charge in [-0.3, -0.25) is 0 Å². The van der Waals surface area contributed by atoms with Gasteiger partial charge in [0, 0.05) is 35.9 Å². The van der Waals surface area contributed by atoms with Crippen LogP contribution in [0.4, 0.5) is 5.69 Å². The average Bonchev–Trinajstić information content (AvgIpc) is 3.22. The molecule has 0 bridgehead atoms. The van der Waals surface area contributed by atoms with Crippen molar-refractivity contribution in [2.24, 2.45) is 0 Å². The Labute approximate surface area is 196 Å². The second kappa shape index (κ2) is 10.2. The average molecular weight is 469 g/mol. The molecule has 1 aromatic heterocycles. The molecule has 1 aliphatic heterocycles. The Morgan fingerprint density at radius 1 is 1.06 bits per heavy atom. The highest BCUT2D eigenvalue weighted by atomic mass is 35.5. The summed E-state index contributed by atoms with van der Waals surface area (Å²) in [5, 5.41) is 19.5. The monoisotopic (exact) mass is 468 g/mol. The minimum Gasteiger partial charge on any atom is -0.477 e. The van der Waals surface area contributed by atoms with Crippen LogP contribution in [0.1, 0.15) is 31.7 Å². The number of aromatic nitrogens is 3. The predicted molar refractivity (Wildman–Crippen MR) is 130 cm³/mol. The molecular weight excluding hydrogens is 444 g/mol. The number of piperidine rings is 1. The Morgan fingerprint density at radius 2 is 1.75 bits per heavy atom. The van der Waals surface area contributed by atoms with E-state index < -0.39 is 5.97 Å². The molecule has 1 fully saturated rings. The van der Waals surface area contributed by atoms with Crippen molar-refractivity contribution < 1.29 is 9.90 Å². The lowest BCUT2D eigenvalue weighted by Crippen LogP contribution is -2.29. The summed E-state index contributed by atoms with van der Waals surface area (Å²) in [5.74, 6) is -0.309. The zero-order valence-corrected chi connectivity index (χ0v) is 19.4. The van der Waals surface area contributed by atoms with Gasteiger partial charge in [0.1, 0.15) is 4.91 Å². The summed E-state index contributed by atoms with van der Waals surface area (Å²) in [6, 6.07) is 15.4. The van der Waals surface area contributed by atoms with Gasteiger partial charge >= 0.3 is 5.97 Å². The van der Waals surface area contributed by atoms with Crippen LogP contribution in [-0.2, 0) is 11.3 Å². The van der Waals surface area contributed by atoms with Crippen molar-refractivity contribution in [3.05, 3.63) is 64.0 Å². The van der Waals surface area contributed by atoms with E-state index in [1.54, 1.807) is 18.2 Å². The van der Waals surface area contributed by atoms with E-state index in [1.807, 2.05) is 35.8 Å². The molecule has 0 atom stereocenters. The lowest BCUT2D eigenvalue weighted by molar-refractivity contribution is -0.131. The molecule has 8 heteroatoms. The molecular formula is C24H25ClN4O2S. The molecule has 0 spiro atoms. The molecule has 2 heterocycles. The van der Waals surface area contributed by atoms with E-state index in [0.717, 1.165) is 36.0 Å². The van der Waals surface area contributed by atoms with Crippen molar-refractivity contribution in [3.63, 3.8) is 0 Å². The van der Waals surface area contributed by atoms with Crippen LogP contribution in [0.5, 0.6) is 0 Å². The molecule has 3 aromatic rings. The maximum absolute atomic E-state index is 12.0. The molecule has 1 aliphatic rings. The van der Waals surface area contributed by atoms with Crippen molar-refractivity contribution in [1.82, 2.24) is 14.8 Å².